The summed E-state index contributed by atoms with van der Waals surface area (Å²) in [6.45, 7) is 28.4. The van der Waals surface area contributed by atoms with Gasteiger partial charge in [0.2, 0.25) is 0 Å². The average Bonchev–Trinajstić information content (AvgIpc) is 3.95. The summed E-state index contributed by atoms with van der Waals surface area (Å²) >= 11 is 0. The zero-order valence-corrected chi connectivity index (χ0v) is 41.0. The van der Waals surface area contributed by atoms with E-state index < -0.39 is 10.8 Å². The molecule has 66 heavy (non-hydrogen) atoms. The van der Waals surface area contributed by atoms with Crippen LogP contribution in [0.3, 0.4) is 0 Å². The maximum absolute atomic E-state index is 2.70. The monoisotopic (exact) mass is 854 g/mol. The summed E-state index contributed by atoms with van der Waals surface area (Å²) in [4.78, 5) is 0. The molecule has 0 saturated carbocycles. The molecule has 0 fully saturated rings. The molecule has 0 N–H and O–H groups in total. The first-order chi connectivity index (χ1) is 31.3. The van der Waals surface area contributed by atoms with Crippen molar-refractivity contribution in [1.29, 1.82) is 0 Å². The maximum Gasteiger partial charge on any atom is 0.0731 e. The minimum atomic E-state index is -0.561. The van der Waals surface area contributed by atoms with E-state index in [0.717, 1.165) is 0 Å². The number of rotatable bonds is 1. The fraction of sp³-hybridized carbons (Fsp3) is 0.273. The first-order valence-corrected chi connectivity index (χ1v) is 24.3. The second-order valence-electron chi connectivity index (χ2n) is 24.1. The molecular weight excluding hydrogens is 793 g/mol. The Morgan fingerprint density at radius 1 is 0.258 bits per heavy atom. The van der Waals surface area contributed by atoms with E-state index >= 15 is 0 Å². The van der Waals surface area contributed by atoms with Crippen LogP contribution in [0.5, 0.6) is 0 Å². The summed E-state index contributed by atoms with van der Waals surface area (Å²) in [5.41, 5.74) is 28.9. The van der Waals surface area contributed by atoms with Gasteiger partial charge in [-0.3, -0.25) is 0 Å². The molecule has 0 radical (unpaired) electrons. The van der Waals surface area contributed by atoms with Crippen LogP contribution in [-0.4, -0.2) is 0 Å². The van der Waals surface area contributed by atoms with Gasteiger partial charge in [0.25, 0.3) is 0 Å². The van der Waals surface area contributed by atoms with Gasteiger partial charge in [-0.1, -0.05) is 235 Å². The van der Waals surface area contributed by atoms with E-state index in [-0.39, 0.29) is 21.7 Å². The van der Waals surface area contributed by atoms with Gasteiger partial charge in [0, 0.05) is 0 Å². The predicted octanol–water partition coefficient (Wildman–Crippen LogP) is 17.2. The highest BCUT2D eigenvalue weighted by Crippen LogP contribution is 2.71. The van der Waals surface area contributed by atoms with Crippen molar-refractivity contribution >= 4 is 0 Å². The minimum absolute atomic E-state index is 0.0258. The fourth-order valence-corrected chi connectivity index (χ4v) is 12.8. The van der Waals surface area contributed by atoms with Crippen molar-refractivity contribution in [3.63, 3.8) is 0 Å². The van der Waals surface area contributed by atoms with Crippen LogP contribution in [0.25, 0.3) is 55.6 Å². The molecule has 0 unspecified atom stereocenters. The van der Waals surface area contributed by atoms with Crippen LogP contribution >= 0.6 is 0 Å². The predicted molar refractivity (Wildman–Crippen MR) is 279 cm³/mol. The lowest BCUT2D eigenvalue weighted by Gasteiger charge is -2.36. The Morgan fingerprint density at radius 3 is 1.02 bits per heavy atom. The van der Waals surface area contributed by atoms with Crippen LogP contribution < -0.4 is 0 Å². The van der Waals surface area contributed by atoms with Gasteiger partial charge in [-0.2, -0.15) is 0 Å². The van der Waals surface area contributed by atoms with Crippen LogP contribution in [0.4, 0.5) is 0 Å². The molecule has 0 atom stereocenters. The Hall–Kier alpha value is -6.24. The van der Waals surface area contributed by atoms with Crippen molar-refractivity contribution in [3.8, 4) is 55.6 Å². The molecule has 326 valence electrons. The molecule has 2 spiro atoms. The summed E-state index contributed by atoms with van der Waals surface area (Å²) in [6, 6.07) is 62.9. The van der Waals surface area contributed by atoms with Crippen molar-refractivity contribution in [2.75, 3.05) is 0 Å². The van der Waals surface area contributed by atoms with Crippen molar-refractivity contribution in [2.45, 2.75) is 116 Å². The normalized spacial score (nSPS) is 15.5. The van der Waals surface area contributed by atoms with E-state index in [9.17, 15) is 0 Å². The zero-order valence-electron chi connectivity index (χ0n) is 41.0. The standard InChI is InChI=1S/C66H62/c1-61(2,3)40-26-30-44-45-31-27-41(62(4,5)6)35-54(45)65(53(44)34-40)51-24-18-16-22-48(51)58-57(65)38-50(39-20-14-13-15-21-39)60-59(58)49-23-17-19-25-52(49)66(60)55-36-42(63(7,8)9)28-32-46(55)47-33-29-43(37-56(47)66)64(10,11)12/h13-38H,1-12H3. The molecule has 4 aliphatic carbocycles. The fourth-order valence-electron chi connectivity index (χ4n) is 12.8. The van der Waals surface area contributed by atoms with E-state index in [4.69, 9.17) is 0 Å². The minimum Gasteiger partial charge on any atom is -0.0622 e. The quantitative estimate of drug-likeness (QED) is 0.154. The second-order valence-corrected chi connectivity index (χ2v) is 24.1. The van der Waals surface area contributed by atoms with E-state index in [2.05, 4.69) is 241 Å². The highest BCUT2D eigenvalue weighted by Gasteiger charge is 2.59. The van der Waals surface area contributed by atoms with Crippen molar-refractivity contribution in [1.82, 2.24) is 0 Å². The summed E-state index contributed by atoms with van der Waals surface area (Å²) in [6.07, 6.45) is 0. The third-order valence-electron chi connectivity index (χ3n) is 16.1. The largest absolute Gasteiger partial charge is 0.0731 e. The molecule has 0 heterocycles. The Labute approximate surface area is 393 Å². The molecule has 8 aromatic rings. The molecule has 0 saturated heterocycles. The lowest BCUT2D eigenvalue weighted by atomic mass is 9.65. The molecule has 0 bridgehead atoms. The van der Waals surface area contributed by atoms with Crippen LogP contribution in [0.15, 0.2) is 158 Å². The van der Waals surface area contributed by atoms with Gasteiger partial charge >= 0.3 is 0 Å². The molecule has 0 nitrogen and oxygen atoms in total. The Balaban J connectivity index is 1.32. The van der Waals surface area contributed by atoms with E-state index in [0.29, 0.717) is 0 Å². The SMILES string of the molecule is CC(C)(C)c1ccc2c(c1)C1(c3cc(C(C)(C)C)ccc3-2)c2ccccc2-c2c1cc(-c1ccccc1)c1c2-c2ccccc2C12c1cc(C(C)(C)C)ccc1-c1ccc(C(C)(C)C)cc12. The van der Waals surface area contributed by atoms with E-state index in [1.165, 1.54) is 122 Å². The van der Waals surface area contributed by atoms with Gasteiger partial charge in [0.15, 0.2) is 0 Å². The lowest BCUT2D eigenvalue weighted by Crippen LogP contribution is -2.29. The first kappa shape index (κ1) is 41.2. The van der Waals surface area contributed by atoms with Gasteiger partial charge in [0.05, 0.1) is 10.8 Å². The van der Waals surface area contributed by atoms with Gasteiger partial charge in [0.1, 0.15) is 0 Å². The molecule has 0 aromatic heterocycles. The topological polar surface area (TPSA) is 0 Å². The molecule has 0 aliphatic heterocycles. The summed E-state index contributed by atoms with van der Waals surface area (Å²) in [7, 11) is 0. The van der Waals surface area contributed by atoms with E-state index in [1.807, 2.05) is 0 Å². The summed E-state index contributed by atoms with van der Waals surface area (Å²) < 4.78 is 0. The maximum atomic E-state index is 2.70. The lowest BCUT2D eigenvalue weighted by molar-refractivity contribution is 0.586. The number of hydrogen-bond acceptors (Lipinski definition) is 0. The third-order valence-corrected chi connectivity index (χ3v) is 16.1. The van der Waals surface area contributed by atoms with Gasteiger partial charge < -0.3 is 0 Å². The van der Waals surface area contributed by atoms with Crippen molar-refractivity contribution < 1.29 is 0 Å². The molecule has 12 rings (SSSR count). The highest BCUT2D eigenvalue weighted by atomic mass is 14.6. The van der Waals surface area contributed by atoms with Crippen LogP contribution in [0.2, 0.25) is 0 Å². The molecule has 0 heteroatoms. The van der Waals surface area contributed by atoms with Crippen LogP contribution in [0.1, 0.15) is 150 Å². The molecular formula is C66H62. The first-order valence-electron chi connectivity index (χ1n) is 24.3. The van der Waals surface area contributed by atoms with Gasteiger partial charge in [-0.05, 0) is 150 Å². The van der Waals surface area contributed by atoms with Crippen LogP contribution in [-0.2, 0) is 32.5 Å². The number of fused-ring (bicyclic) bond motifs is 21. The Morgan fingerprint density at radius 2 is 0.606 bits per heavy atom. The third kappa shape index (κ3) is 5.28. The number of hydrogen-bond donors (Lipinski definition) is 0. The van der Waals surface area contributed by atoms with Crippen molar-refractivity contribution in [2.24, 2.45) is 0 Å². The molecule has 0 amide bonds. The number of benzene rings is 8. The Kier molecular flexibility index (Phi) is 8.26. The second kappa shape index (κ2) is 13.2. The molecule has 4 aliphatic rings. The van der Waals surface area contributed by atoms with Gasteiger partial charge in [-0.15, -0.1) is 0 Å². The Bertz CT molecular complexity index is 3250. The van der Waals surface area contributed by atoms with Crippen molar-refractivity contribution in [3.05, 3.63) is 224 Å². The van der Waals surface area contributed by atoms with Gasteiger partial charge in [-0.25, -0.2) is 0 Å². The molecule has 8 aromatic carbocycles. The zero-order chi connectivity index (χ0) is 46.1. The van der Waals surface area contributed by atoms with Crippen LogP contribution in [0, 0.1) is 0 Å². The summed E-state index contributed by atoms with van der Waals surface area (Å²) in [5.74, 6) is 0. The average molecular weight is 855 g/mol. The summed E-state index contributed by atoms with van der Waals surface area (Å²) in [5, 5.41) is 0. The van der Waals surface area contributed by atoms with E-state index in [1.54, 1.807) is 0 Å². The highest BCUT2D eigenvalue weighted by molar-refractivity contribution is 6.09. The smallest absolute Gasteiger partial charge is 0.0622 e.